The van der Waals surface area contributed by atoms with Gasteiger partial charge in [-0.05, 0) is 42.9 Å². The Labute approximate surface area is 133 Å². The third-order valence-electron chi connectivity index (χ3n) is 4.07. The molecule has 0 bridgehead atoms. The van der Waals surface area contributed by atoms with Crippen molar-refractivity contribution in [2.24, 2.45) is 11.8 Å². The van der Waals surface area contributed by atoms with Crippen LogP contribution in [-0.2, 0) is 11.3 Å². The van der Waals surface area contributed by atoms with Crippen molar-refractivity contribution in [3.8, 4) is 5.75 Å². The summed E-state index contributed by atoms with van der Waals surface area (Å²) >= 11 is 4.04. The van der Waals surface area contributed by atoms with Crippen LogP contribution in [0, 0.1) is 11.8 Å². The van der Waals surface area contributed by atoms with E-state index in [1.54, 1.807) is 0 Å². The molecular weight excluding hydrogens is 310 g/mol. The first-order chi connectivity index (χ1) is 10.1. The molecule has 21 heavy (non-hydrogen) atoms. The van der Waals surface area contributed by atoms with Gasteiger partial charge in [-0.15, -0.1) is 0 Å². The molecule has 1 aromatic rings. The number of hydrogen-bond donors (Lipinski definition) is 2. The molecule has 0 heterocycles. The molecule has 4 nitrogen and oxygen atoms in total. The molecule has 0 aliphatic heterocycles. The first-order valence-electron chi connectivity index (χ1n) is 7.38. The molecule has 6 heteroatoms. The second kappa shape index (κ2) is 8.73. The number of hydrogen-bond acceptors (Lipinski definition) is 2. The maximum Gasteiger partial charge on any atom is 0.231 e. The molecule has 0 aromatic heterocycles. The van der Waals surface area contributed by atoms with Crippen molar-refractivity contribution in [2.45, 2.75) is 32.1 Å². The van der Waals surface area contributed by atoms with E-state index in [0.717, 1.165) is 18.6 Å². The Morgan fingerprint density at radius 2 is 2.10 bits per heavy atom. The van der Waals surface area contributed by atoms with Crippen molar-refractivity contribution in [3.63, 3.8) is 0 Å². The summed E-state index contributed by atoms with van der Waals surface area (Å²) in [5, 5.41) is 0.683. The second-order valence-corrected chi connectivity index (χ2v) is 6.73. The van der Waals surface area contributed by atoms with Crippen LogP contribution in [-0.4, -0.2) is 21.9 Å². The average molecular weight is 332 g/mol. The lowest BCUT2D eigenvalue weighted by molar-refractivity contribution is 0.143. The zero-order valence-electron chi connectivity index (χ0n) is 12.0. The fourth-order valence-corrected chi connectivity index (χ4v) is 3.45. The van der Waals surface area contributed by atoms with Crippen molar-refractivity contribution in [1.29, 1.82) is 0 Å². The van der Waals surface area contributed by atoms with Gasteiger partial charge in [0.05, 0.1) is 6.61 Å². The van der Waals surface area contributed by atoms with Gasteiger partial charge in [0, 0.05) is 11.6 Å². The topological polar surface area (TPSA) is 58.6 Å². The van der Waals surface area contributed by atoms with Crippen LogP contribution in [0.25, 0.3) is 0 Å². The van der Waals surface area contributed by atoms with E-state index in [4.69, 9.17) is 20.9 Å². The molecular formula is C15H22ClNO3S. The molecule has 1 fully saturated rings. The molecule has 2 N–H and O–H groups in total. The zero-order valence-corrected chi connectivity index (χ0v) is 13.5. The number of ether oxygens (including phenoxy) is 1. The SMILES string of the molecule is O=S(O)NCCC1CCCCC1COc1cccc(Cl)c1. The van der Waals surface area contributed by atoms with Crippen LogP contribution in [0.15, 0.2) is 24.3 Å². The van der Waals surface area contributed by atoms with Crippen molar-refractivity contribution >= 4 is 22.9 Å². The van der Waals surface area contributed by atoms with Crippen LogP contribution < -0.4 is 9.46 Å². The Hall–Kier alpha value is -0.620. The Morgan fingerprint density at radius 1 is 1.33 bits per heavy atom. The highest BCUT2D eigenvalue weighted by molar-refractivity contribution is 7.77. The molecule has 0 radical (unpaired) electrons. The summed E-state index contributed by atoms with van der Waals surface area (Å²) in [5.74, 6) is 1.86. The van der Waals surface area contributed by atoms with Crippen LogP contribution in [0.3, 0.4) is 0 Å². The van der Waals surface area contributed by atoms with Crippen molar-refractivity contribution in [2.75, 3.05) is 13.2 Å². The monoisotopic (exact) mass is 331 g/mol. The van der Waals surface area contributed by atoms with E-state index < -0.39 is 11.3 Å². The smallest absolute Gasteiger partial charge is 0.231 e. The first kappa shape index (κ1) is 16.7. The fraction of sp³-hybridized carbons (Fsp3) is 0.600. The lowest BCUT2D eigenvalue weighted by Gasteiger charge is -2.31. The second-order valence-electron chi connectivity index (χ2n) is 5.51. The quantitative estimate of drug-likeness (QED) is 0.750. The normalized spacial score (nSPS) is 23.7. The van der Waals surface area contributed by atoms with Crippen LogP contribution in [0.4, 0.5) is 0 Å². The third kappa shape index (κ3) is 5.94. The van der Waals surface area contributed by atoms with E-state index in [1.165, 1.54) is 19.3 Å². The van der Waals surface area contributed by atoms with Gasteiger partial charge < -0.3 is 4.74 Å². The summed E-state index contributed by atoms with van der Waals surface area (Å²) in [6.45, 7) is 1.26. The van der Waals surface area contributed by atoms with E-state index in [0.29, 0.717) is 30.0 Å². The standard InChI is InChI=1S/C15H22ClNO3S/c16-14-6-3-7-15(10-14)20-11-13-5-2-1-4-12(13)8-9-17-21(18)19/h3,6-7,10,12-13,17H,1-2,4-5,8-9,11H2,(H,18,19). The molecule has 1 aliphatic rings. The van der Waals surface area contributed by atoms with Crippen LogP contribution in [0.5, 0.6) is 5.75 Å². The Kier molecular flexibility index (Phi) is 6.96. The minimum absolute atomic E-state index is 0.506. The Bertz CT molecular complexity index is 472. The molecule has 1 aromatic carbocycles. The van der Waals surface area contributed by atoms with Gasteiger partial charge in [0.15, 0.2) is 0 Å². The van der Waals surface area contributed by atoms with E-state index >= 15 is 0 Å². The summed E-state index contributed by atoms with van der Waals surface area (Å²) in [6.07, 6.45) is 5.71. The maximum absolute atomic E-state index is 10.6. The summed E-state index contributed by atoms with van der Waals surface area (Å²) < 4.78 is 27.8. The van der Waals surface area contributed by atoms with Gasteiger partial charge in [-0.1, -0.05) is 36.9 Å². The van der Waals surface area contributed by atoms with Gasteiger partial charge in [0.25, 0.3) is 0 Å². The number of benzene rings is 1. The molecule has 3 atom stereocenters. The fourth-order valence-electron chi connectivity index (χ4n) is 2.98. The van der Waals surface area contributed by atoms with Crippen LogP contribution in [0.2, 0.25) is 5.02 Å². The van der Waals surface area contributed by atoms with Gasteiger partial charge in [-0.3, -0.25) is 4.55 Å². The van der Waals surface area contributed by atoms with Gasteiger partial charge >= 0.3 is 0 Å². The first-order valence-corrected chi connectivity index (χ1v) is 8.86. The minimum atomic E-state index is -1.91. The predicted molar refractivity (Wildman–Crippen MR) is 85.8 cm³/mol. The average Bonchev–Trinajstić information content (AvgIpc) is 2.46. The van der Waals surface area contributed by atoms with Gasteiger partial charge in [0.2, 0.25) is 11.3 Å². The molecule has 0 spiro atoms. The van der Waals surface area contributed by atoms with Crippen molar-refractivity contribution < 1.29 is 13.5 Å². The number of nitrogens with one attached hydrogen (secondary N) is 1. The summed E-state index contributed by atoms with van der Waals surface area (Å²) in [6, 6.07) is 7.46. The molecule has 1 saturated carbocycles. The summed E-state index contributed by atoms with van der Waals surface area (Å²) in [7, 11) is 0. The van der Waals surface area contributed by atoms with Gasteiger partial charge in [0.1, 0.15) is 5.75 Å². The van der Waals surface area contributed by atoms with Crippen molar-refractivity contribution in [3.05, 3.63) is 29.3 Å². The van der Waals surface area contributed by atoms with Gasteiger partial charge in [-0.2, -0.15) is 0 Å². The highest BCUT2D eigenvalue weighted by Crippen LogP contribution is 2.33. The largest absolute Gasteiger partial charge is 0.493 e. The Balaban J connectivity index is 1.82. The summed E-state index contributed by atoms with van der Waals surface area (Å²) in [5.41, 5.74) is 0. The van der Waals surface area contributed by atoms with Crippen LogP contribution in [0.1, 0.15) is 32.1 Å². The molecule has 118 valence electrons. The minimum Gasteiger partial charge on any atom is -0.493 e. The number of halogens is 1. The molecule has 1 aliphatic carbocycles. The molecule has 2 rings (SSSR count). The molecule has 0 amide bonds. The summed E-state index contributed by atoms with van der Waals surface area (Å²) in [4.78, 5) is 0. The Morgan fingerprint density at radius 3 is 2.81 bits per heavy atom. The highest BCUT2D eigenvalue weighted by Gasteiger charge is 2.25. The lowest BCUT2D eigenvalue weighted by Crippen LogP contribution is -2.29. The van der Waals surface area contributed by atoms with E-state index in [9.17, 15) is 4.21 Å². The van der Waals surface area contributed by atoms with Crippen LogP contribution >= 0.6 is 11.6 Å². The lowest BCUT2D eigenvalue weighted by atomic mass is 9.78. The predicted octanol–water partition coefficient (Wildman–Crippen LogP) is 3.64. The highest BCUT2D eigenvalue weighted by atomic mass is 35.5. The number of rotatable bonds is 7. The van der Waals surface area contributed by atoms with E-state index in [2.05, 4.69) is 4.72 Å². The van der Waals surface area contributed by atoms with E-state index in [-0.39, 0.29) is 0 Å². The third-order valence-corrected chi connectivity index (χ3v) is 4.75. The maximum atomic E-state index is 10.6. The molecule has 0 saturated heterocycles. The zero-order chi connectivity index (χ0) is 15.1. The van der Waals surface area contributed by atoms with Gasteiger partial charge in [-0.25, -0.2) is 8.93 Å². The van der Waals surface area contributed by atoms with Crippen molar-refractivity contribution in [1.82, 2.24) is 4.72 Å². The van der Waals surface area contributed by atoms with E-state index in [1.807, 2.05) is 24.3 Å². The molecule has 3 unspecified atom stereocenters.